The van der Waals surface area contributed by atoms with Crippen molar-refractivity contribution in [3.05, 3.63) is 12.3 Å². The third-order valence-electron chi connectivity index (χ3n) is 8.41. The van der Waals surface area contributed by atoms with Crippen molar-refractivity contribution >= 4 is 17.9 Å². The first-order valence-corrected chi connectivity index (χ1v) is 16.4. The Labute approximate surface area is 245 Å². The fourth-order valence-corrected chi connectivity index (χ4v) is 5.61. The van der Waals surface area contributed by atoms with Gasteiger partial charge in [0.1, 0.15) is 11.8 Å². The molecule has 40 heavy (non-hydrogen) atoms. The smallest absolute Gasteiger partial charge is 0.312 e. The zero-order chi connectivity index (χ0) is 30.2. The molecule has 0 spiro atoms. The van der Waals surface area contributed by atoms with Gasteiger partial charge in [0.05, 0.1) is 31.8 Å². The minimum Gasteiger partial charge on any atom is -0.550 e. The lowest BCUT2D eigenvalue weighted by atomic mass is 9.96. The number of carbonyl (C=O) groups is 3. The molecule has 7 heteroatoms. The van der Waals surface area contributed by atoms with E-state index < -0.39 is 35.7 Å². The highest BCUT2D eigenvalue weighted by Crippen LogP contribution is 2.25. The molecule has 234 valence electrons. The number of carboxylic acid groups (broad SMARTS) is 3. The first kappa shape index (κ1) is 38.1. The molecule has 0 saturated heterocycles. The third-order valence-corrected chi connectivity index (χ3v) is 8.41. The van der Waals surface area contributed by atoms with Gasteiger partial charge < -0.3 is 20.1 Å². The fraction of sp³-hybridized carbons (Fsp3) is 0.848. The van der Waals surface area contributed by atoms with Crippen LogP contribution in [0.25, 0.3) is 0 Å². The molecule has 0 aliphatic carbocycles. The predicted molar refractivity (Wildman–Crippen MR) is 161 cm³/mol. The largest absolute Gasteiger partial charge is 0.550 e. The topological polar surface area (TPSA) is 115 Å². The van der Waals surface area contributed by atoms with Crippen LogP contribution in [0, 0.1) is 17.8 Å². The maximum absolute atomic E-state index is 11.9. The molecule has 0 bridgehead atoms. The summed E-state index contributed by atoms with van der Waals surface area (Å²) >= 11 is 0. The zero-order valence-corrected chi connectivity index (χ0v) is 26.2. The first-order valence-electron chi connectivity index (χ1n) is 16.4. The number of carboxylic acids is 3. The summed E-state index contributed by atoms with van der Waals surface area (Å²) in [6.45, 7) is 8.12. The normalized spacial score (nSPS) is 15.5. The highest BCUT2D eigenvalue weighted by atomic mass is 16.4. The molecule has 0 radical (unpaired) electrons. The van der Waals surface area contributed by atoms with Crippen molar-refractivity contribution in [2.75, 3.05) is 19.6 Å². The SMILES string of the molecule is CCCCCCCCCCCCCCCC/C=C/[N+](CC(CC)C(=O)[O-])(CC(CC)C(=O)O)CC(CC)C(=O)O. The van der Waals surface area contributed by atoms with Crippen molar-refractivity contribution < 1.29 is 34.2 Å². The lowest BCUT2D eigenvalue weighted by Crippen LogP contribution is -2.55. The van der Waals surface area contributed by atoms with E-state index in [1.807, 2.05) is 12.3 Å². The Bertz CT molecular complexity index is 647. The Morgan fingerprint density at radius 2 is 0.950 bits per heavy atom. The summed E-state index contributed by atoms with van der Waals surface area (Å²) in [6.07, 6.45) is 23.9. The number of quaternary nitrogens is 1. The van der Waals surface area contributed by atoms with Crippen molar-refractivity contribution in [2.24, 2.45) is 17.8 Å². The molecular formula is C33H61NO6. The highest BCUT2D eigenvalue weighted by Gasteiger charge is 2.38. The van der Waals surface area contributed by atoms with E-state index in [2.05, 4.69) is 6.92 Å². The predicted octanol–water partition coefficient (Wildman–Crippen LogP) is 7.19. The van der Waals surface area contributed by atoms with Crippen LogP contribution in [0.2, 0.25) is 0 Å². The maximum atomic E-state index is 11.9. The number of carbonyl (C=O) groups excluding carboxylic acids is 1. The molecule has 0 amide bonds. The lowest BCUT2D eigenvalue weighted by molar-refractivity contribution is -0.887. The van der Waals surface area contributed by atoms with Gasteiger partial charge in [0.15, 0.2) is 0 Å². The molecule has 3 atom stereocenters. The average Bonchev–Trinajstić information content (AvgIpc) is 2.92. The molecule has 7 nitrogen and oxygen atoms in total. The minimum atomic E-state index is -1.17. The van der Waals surface area contributed by atoms with Gasteiger partial charge >= 0.3 is 11.9 Å². The van der Waals surface area contributed by atoms with E-state index in [0.717, 1.165) is 19.3 Å². The van der Waals surface area contributed by atoms with E-state index in [9.17, 15) is 29.7 Å². The first-order chi connectivity index (χ1) is 19.2. The molecule has 0 heterocycles. The van der Waals surface area contributed by atoms with E-state index in [0.29, 0.717) is 19.3 Å². The number of aliphatic carboxylic acids is 3. The average molecular weight is 568 g/mol. The summed E-state index contributed by atoms with van der Waals surface area (Å²) in [4.78, 5) is 35.7. The van der Waals surface area contributed by atoms with Gasteiger partial charge in [-0.15, -0.1) is 0 Å². The van der Waals surface area contributed by atoms with Gasteiger partial charge in [-0.2, -0.15) is 0 Å². The second-order valence-electron chi connectivity index (χ2n) is 11.8. The van der Waals surface area contributed by atoms with Crippen molar-refractivity contribution in [2.45, 2.75) is 143 Å². The number of allylic oxidation sites excluding steroid dienone is 1. The van der Waals surface area contributed by atoms with E-state index in [1.54, 1.807) is 20.8 Å². The van der Waals surface area contributed by atoms with Crippen LogP contribution in [0.5, 0.6) is 0 Å². The summed E-state index contributed by atoms with van der Waals surface area (Å²) in [6, 6.07) is 0. The van der Waals surface area contributed by atoms with Gasteiger partial charge in [-0.05, 0) is 38.2 Å². The molecule has 0 rings (SSSR count). The van der Waals surface area contributed by atoms with Gasteiger partial charge in [-0.1, -0.05) is 111 Å². The zero-order valence-electron chi connectivity index (χ0n) is 26.2. The van der Waals surface area contributed by atoms with Crippen LogP contribution in [0.3, 0.4) is 0 Å². The van der Waals surface area contributed by atoms with E-state index in [4.69, 9.17) is 0 Å². The maximum Gasteiger partial charge on any atom is 0.312 e. The van der Waals surface area contributed by atoms with Gasteiger partial charge in [-0.3, -0.25) is 14.1 Å². The summed E-state index contributed by atoms with van der Waals surface area (Å²) < 4.78 is 0.0424. The van der Waals surface area contributed by atoms with Gasteiger partial charge in [0.25, 0.3) is 0 Å². The Kier molecular flexibility index (Phi) is 22.7. The van der Waals surface area contributed by atoms with Crippen LogP contribution in [-0.2, 0) is 14.4 Å². The number of unbranched alkanes of at least 4 members (excludes halogenated alkanes) is 14. The second-order valence-corrected chi connectivity index (χ2v) is 11.8. The Balaban J connectivity index is 4.96. The van der Waals surface area contributed by atoms with Crippen LogP contribution < -0.4 is 5.11 Å². The van der Waals surface area contributed by atoms with Crippen molar-refractivity contribution in [3.8, 4) is 0 Å². The van der Waals surface area contributed by atoms with E-state index >= 15 is 0 Å². The molecule has 0 aliphatic rings. The van der Waals surface area contributed by atoms with Crippen molar-refractivity contribution in [1.29, 1.82) is 0 Å². The van der Waals surface area contributed by atoms with Gasteiger partial charge in [0, 0.05) is 5.92 Å². The number of hydrogen-bond donors (Lipinski definition) is 2. The Hall–Kier alpha value is -1.89. The molecule has 0 aromatic heterocycles. The van der Waals surface area contributed by atoms with Crippen LogP contribution in [0.15, 0.2) is 12.3 Å². The molecule has 0 fully saturated rings. The molecule has 0 aromatic rings. The molecule has 0 aromatic carbocycles. The quantitative estimate of drug-likeness (QED) is 0.0764. The van der Waals surface area contributed by atoms with Crippen LogP contribution in [0.4, 0.5) is 0 Å². The molecular weight excluding hydrogens is 506 g/mol. The van der Waals surface area contributed by atoms with Crippen LogP contribution in [0.1, 0.15) is 143 Å². The highest BCUT2D eigenvalue weighted by molar-refractivity contribution is 5.71. The molecule has 2 N–H and O–H groups in total. The number of nitrogens with zero attached hydrogens (tertiary/aromatic N) is 1. The Morgan fingerprint density at radius 1 is 0.600 bits per heavy atom. The standard InChI is InChI=1S/C33H61NO6/c1-5-9-10-11-12-13-14-15-16-17-18-19-20-21-22-23-24-34(25-28(6-2)31(35)36,26-29(7-3)32(37)38)27-30(8-4)33(39)40/h23-24,28-30H,5-22,25-27H2,1-4H3,(H2-,35,36,37,38,39,40)/b24-23+. The van der Waals surface area contributed by atoms with E-state index in [-0.39, 0.29) is 24.1 Å². The monoisotopic (exact) mass is 567 g/mol. The molecule has 3 unspecified atom stereocenters. The van der Waals surface area contributed by atoms with Crippen LogP contribution in [-0.4, -0.2) is 52.2 Å². The van der Waals surface area contributed by atoms with Gasteiger partial charge in [0.2, 0.25) is 0 Å². The summed E-state index contributed by atoms with van der Waals surface area (Å²) in [5.74, 6) is -5.18. The Morgan fingerprint density at radius 3 is 1.27 bits per heavy atom. The molecule has 0 saturated carbocycles. The summed E-state index contributed by atoms with van der Waals surface area (Å²) in [5.41, 5.74) is 0. The van der Waals surface area contributed by atoms with Crippen LogP contribution >= 0.6 is 0 Å². The minimum absolute atomic E-state index is 0.0424. The molecule has 0 aliphatic heterocycles. The van der Waals surface area contributed by atoms with Gasteiger partial charge in [-0.25, -0.2) is 0 Å². The van der Waals surface area contributed by atoms with Crippen molar-refractivity contribution in [1.82, 2.24) is 0 Å². The third kappa shape index (κ3) is 17.7. The van der Waals surface area contributed by atoms with Crippen molar-refractivity contribution in [3.63, 3.8) is 0 Å². The second kappa shape index (κ2) is 23.8. The lowest BCUT2D eigenvalue weighted by Gasteiger charge is -2.41. The summed E-state index contributed by atoms with van der Waals surface area (Å²) in [7, 11) is 0. The van der Waals surface area contributed by atoms with E-state index in [1.165, 1.54) is 77.0 Å². The summed E-state index contributed by atoms with van der Waals surface area (Å²) in [5, 5.41) is 31.4. The number of rotatable bonds is 28. The fourth-order valence-electron chi connectivity index (χ4n) is 5.61. The number of hydrogen-bond acceptors (Lipinski definition) is 4.